The molecule has 3 rings (SSSR count). The predicted octanol–water partition coefficient (Wildman–Crippen LogP) is 2.74. The lowest BCUT2D eigenvalue weighted by atomic mass is 9.98. The van der Waals surface area contributed by atoms with E-state index in [-0.39, 0.29) is 11.5 Å². The summed E-state index contributed by atoms with van der Waals surface area (Å²) >= 11 is 3.50. The zero-order valence-corrected chi connectivity index (χ0v) is 9.75. The van der Waals surface area contributed by atoms with Crippen LogP contribution in [-0.4, -0.2) is 12.1 Å². The fourth-order valence-corrected chi connectivity index (χ4v) is 3.16. The molecule has 1 spiro atoms. The van der Waals surface area contributed by atoms with Crippen LogP contribution >= 0.6 is 15.9 Å². The van der Waals surface area contributed by atoms with Crippen LogP contribution in [0.15, 0.2) is 27.7 Å². The van der Waals surface area contributed by atoms with E-state index in [4.69, 9.17) is 0 Å². The van der Waals surface area contributed by atoms with Crippen molar-refractivity contribution in [2.75, 3.05) is 0 Å². The third-order valence-corrected chi connectivity index (χ3v) is 4.19. The molecule has 2 aliphatic rings. The van der Waals surface area contributed by atoms with Gasteiger partial charge in [-0.05, 0) is 42.5 Å². The molecule has 2 nitrogen and oxygen atoms in total. The van der Waals surface area contributed by atoms with Crippen LogP contribution in [0, 0.1) is 0 Å². The van der Waals surface area contributed by atoms with Gasteiger partial charge in [-0.25, -0.2) is 9.79 Å². The van der Waals surface area contributed by atoms with Gasteiger partial charge in [0.1, 0.15) is 0 Å². The maximum absolute atomic E-state index is 10.3. The Morgan fingerprint density at radius 2 is 2.40 bits per heavy atom. The minimum Gasteiger partial charge on any atom is -0.211 e. The van der Waals surface area contributed by atoms with E-state index in [0.717, 1.165) is 23.7 Å². The molecule has 1 fully saturated rings. The van der Waals surface area contributed by atoms with Crippen molar-refractivity contribution in [2.24, 2.45) is 4.99 Å². The summed E-state index contributed by atoms with van der Waals surface area (Å²) in [6.45, 7) is 0. The van der Waals surface area contributed by atoms with E-state index >= 15 is 0 Å². The van der Waals surface area contributed by atoms with Gasteiger partial charge in [0.25, 0.3) is 0 Å². The van der Waals surface area contributed by atoms with E-state index in [2.05, 4.69) is 39.1 Å². The van der Waals surface area contributed by atoms with Crippen LogP contribution in [-0.2, 0) is 16.6 Å². The monoisotopic (exact) mass is 263 g/mol. The molecule has 2 unspecified atom stereocenters. The Morgan fingerprint density at radius 1 is 1.53 bits per heavy atom. The van der Waals surface area contributed by atoms with E-state index in [1.165, 1.54) is 11.1 Å². The number of nitrogens with zero attached hydrogens (tertiary/aromatic N) is 1. The molecular formula is C12H10BrNO. The Kier molecular flexibility index (Phi) is 1.88. The quantitative estimate of drug-likeness (QED) is 0.566. The van der Waals surface area contributed by atoms with E-state index < -0.39 is 0 Å². The molecule has 0 N–H and O–H groups in total. The summed E-state index contributed by atoms with van der Waals surface area (Å²) in [6, 6.07) is 6.63. The van der Waals surface area contributed by atoms with Crippen LogP contribution in [0.3, 0.4) is 0 Å². The van der Waals surface area contributed by atoms with Gasteiger partial charge < -0.3 is 0 Å². The van der Waals surface area contributed by atoms with E-state index in [9.17, 15) is 4.79 Å². The van der Waals surface area contributed by atoms with E-state index in [1.54, 1.807) is 6.08 Å². The van der Waals surface area contributed by atoms with Crippen LogP contribution in [0.2, 0.25) is 0 Å². The van der Waals surface area contributed by atoms with Gasteiger partial charge in [0.2, 0.25) is 6.08 Å². The highest BCUT2D eigenvalue weighted by molar-refractivity contribution is 9.10. The summed E-state index contributed by atoms with van der Waals surface area (Å²) in [5.74, 6) is 0. The van der Waals surface area contributed by atoms with Crippen molar-refractivity contribution in [1.82, 2.24) is 0 Å². The normalized spacial score (nSPS) is 31.1. The van der Waals surface area contributed by atoms with Crippen molar-refractivity contribution >= 4 is 22.0 Å². The summed E-state index contributed by atoms with van der Waals surface area (Å²) in [6.07, 6.45) is 4.96. The molecule has 2 atom stereocenters. The maximum atomic E-state index is 10.3. The van der Waals surface area contributed by atoms with Crippen LogP contribution in [0.25, 0.3) is 0 Å². The number of aliphatic imine (C=N–C) groups is 1. The number of hydrogen-bond donors (Lipinski definition) is 0. The summed E-state index contributed by atoms with van der Waals surface area (Å²) in [5.41, 5.74) is 2.99. The Morgan fingerprint density at radius 3 is 3.20 bits per heavy atom. The molecule has 0 heterocycles. The molecule has 0 aromatic heterocycles. The van der Waals surface area contributed by atoms with Gasteiger partial charge in [-0.1, -0.05) is 22.0 Å². The fourth-order valence-electron chi connectivity index (χ4n) is 2.80. The molecule has 0 bridgehead atoms. The van der Waals surface area contributed by atoms with Gasteiger partial charge in [-0.15, -0.1) is 0 Å². The first-order chi connectivity index (χ1) is 7.26. The molecule has 0 aliphatic heterocycles. The predicted molar refractivity (Wildman–Crippen MR) is 60.7 cm³/mol. The molecule has 1 aromatic rings. The van der Waals surface area contributed by atoms with Crippen molar-refractivity contribution in [2.45, 2.75) is 30.7 Å². The maximum Gasteiger partial charge on any atom is 0.235 e. The van der Waals surface area contributed by atoms with Gasteiger partial charge in [0, 0.05) is 9.89 Å². The van der Waals surface area contributed by atoms with Gasteiger partial charge in [0.05, 0.1) is 6.04 Å². The minimum absolute atomic E-state index is 0.177. The largest absolute Gasteiger partial charge is 0.235 e. The van der Waals surface area contributed by atoms with Crippen LogP contribution in [0.4, 0.5) is 0 Å². The molecule has 2 aliphatic carbocycles. The van der Waals surface area contributed by atoms with Crippen molar-refractivity contribution in [3.63, 3.8) is 0 Å². The highest BCUT2D eigenvalue weighted by atomic mass is 79.9. The van der Waals surface area contributed by atoms with Gasteiger partial charge >= 0.3 is 0 Å². The number of carbonyl (C=O) groups excluding carboxylic acids is 1. The second kappa shape index (κ2) is 3.03. The van der Waals surface area contributed by atoms with Crippen molar-refractivity contribution < 1.29 is 4.79 Å². The SMILES string of the molecule is O=C=NC1CC12CCc1ccc(Br)cc12. The first-order valence-corrected chi connectivity index (χ1v) is 5.91. The van der Waals surface area contributed by atoms with Crippen LogP contribution < -0.4 is 0 Å². The second-order valence-corrected chi connectivity index (χ2v) is 5.31. The molecular weight excluding hydrogens is 254 g/mol. The number of rotatable bonds is 1. The smallest absolute Gasteiger partial charge is 0.211 e. The number of isocyanates is 1. The Balaban J connectivity index is 2.06. The zero-order valence-electron chi connectivity index (χ0n) is 8.16. The molecule has 3 heteroatoms. The number of fused-ring (bicyclic) bond motifs is 2. The van der Waals surface area contributed by atoms with Gasteiger partial charge in [-0.2, -0.15) is 0 Å². The average molecular weight is 264 g/mol. The number of halogens is 1. The lowest BCUT2D eigenvalue weighted by molar-refractivity contribution is 0.559. The zero-order chi connectivity index (χ0) is 10.5. The standard InChI is InChI=1S/C12H10BrNO/c13-9-2-1-8-3-4-12(10(8)5-9)6-11(12)14-7-15/h1-2,5,11H,3-4,6H2. The molecule has 1 saturated carbocycles. The highest BCUT2D eigenvalue weighted by Gasteiger charge is 2.58. The molecule has 0 saturated heterocycles. The molecule has 15 heavy (non-hydrogen) atoms. The Bertz CT molecular complexity index is 479. The van der Waals surface area contributed by atoms with Crippen molar-refractivity contribution in [3.8, 4) is 0 Å². The molecule has 76 valence electrons. The molecule has 0 amide bonds. The fraction of sp³-hybridized carbons (Fsp3) is 0.417. The Hall–Kier alpha value is -0.920. The topological polar surface area (TPSA) is 29.4 Å². The molecule has 1 aromatic carbocycles. The van der Waals surface area contributed by atoms with Crippen molar-refractivity contribution in [1.29, 1.82) is 0 Å². The van der Waals surface area contributed by atoms with Gasteiger partial charge in [-0.3, -0.25) is 0 Å². The van der Waals surface area contributed by atoms with E-state index in [1.807, 2.05) is 0 Å². The van der Waals surface area contributed by atoms with Crippen LogP contribution in [0.5, 0.6) is 0 Å². The first kappa shape index (κ1) is 9.32. The number of aryl methyl sites for hydroxylation is 1. The molecule has 0 radical (unpaired) electrons. The lowest BCUT2D eigenvalue weighted by Crippen LogP contribution is -2.06. The first-order valence-electron chi connectivity index (χ1n) is 5.12. The second-order valence-electron chi connectivity index (χ2n) is 4.40. The summed E-state index contributed by atoms with van der Waals surface area (Å²) < 4.78 is 1.11. The Labute approximate surface area is 96.5 Å². The summed E-state index contributed by atoms with van der Waals surface area (Å²) in [4.78, 5) is 14.2. The summed E-state index contributed by atoms with van der Waals surface area (Å²) in [5, 5.41) is 0. The lowest BCUT2D eigenvalue weighted by Gasteiger charge is -2.08. The van der Waals surface area contributed by atoms with Crippen LogP contribution in [0.1, 0.15) is 24.0 Å². The van der Waals surface area contributed by atoms with E-state index in [0.29, 0.717) is 0 Å². The third-order valence-electron chi connectivity index (χ3n) is 3.69. The number of hydrogen-bond acceptors (Lipinski definition) is 2. The summed E-state index contributed by atoms with van der Waals surface area (Å²) in [7, 11) is 0. The van der Waals surface area contributed by atoms with Gasteiger partial charge in [0.15, 0.2) is 0 Å². The third kappa shape index (κ3) is 1.23. The minimum atomic E-state index is 0.177. The van der Waals surface area contributed by atoms with Crippen molar-refractivity contribution in [3.05, 3.63) is 33.8 Å². The highest BCUT2D eigenvalue weighted by Crippen LogP contribution is 2.58. The average Bonchev–Trinajstić information content (AvgIpc) is 2.79. The number of benzene rings is 1.